The van der Waals surface area contributed by atoms with Crippen LogP contribution in [0.4, 0.5) is 0 Å². The van der Waals surface area contributed by atoms with Crippen LogP contribution in [0.2, 0.25) is 0 Å². The van der Waals surface area contributed by atoms with E-state index < -0.39 is 5.91 Å². The number of methoxy groups -OCH3 is 1. The number of phenols is 1. The summed E-state index contributed by atoms with van der Waals surface area (Å²) in [7, 11) is 1.44. The first-order chi connectivity index (χ1) is 8.51. The van der Waals surface area contributed by atoms with Gasteiger partial charge in [-0.15, -0.1) is 0 Å². The van der Waals surface area contributed by atoms with Crippen LogP contribution in [0.3, 0.4) is 0 Å². The van der Waals surface area contributed by atoms with Gasteiger partial charge in [-0.3, -0.25) is 10.1 Å². The smallest absolute Gasteiger partial charge is 0.294 e. The van der Waals surface area contributed by atoms with Gasteiger partial charge in [0.2, 0.25) is 0 Å². The molecule has 7 heteroatoms. The molecule has 0 aromatic heterocycles. The summed E-state index contributed by atoms with van der Waals surface area (Å²) in [5, 5.41) is 12.0. The van der Waals surface area contributed by atoms with Crippen molar-refractivity contribution in [1.82, 2.24) is 5.32 Å². The van der Waals surface area contributed by atoms with E-state index in [9.17, 15) is 9.90 Å². The Labute approximate surface area is 117 Å². The van der Waals surface area contributed by atoms with E-state index in [1.54, 1.807) is 12.1 Å². The Morgan fingerprint density at radius 1 is 1.56 bits per heavy atom. The van der Waals surface area contributed by atoms with Crippen molar-refractivity contribution in [2.75, 3.05) is 7.11 Å². The number of hydrogen-bond acceptors (Lipinski definition) is 5. The molecule has 0 saturated carbocycles. The van der Waals surface area contributed by atoms with Gasteiger partial charge in [0.05, 0.1) is 11.6 Å². The van der Waals surface area contributed by atoms with Crippen molar-refractivity contribution in [2.24, 2.45) is 0 Å². The lowest BCUT2D eigenvalue weighted by Gasteiger charge is -2.06. The minimum Gasteiger partial charge on any atom is -0.503 e. The summed E-state index contributed by atoms with van der Waals surface area (Å²) in [5.41, 5.74) is 0.631. The zero-order chi connectivity index (χ0) is 13.3. The number of thiocarbonyl (C=S) groups is 1. The number of carbonyl (C=O) groups is 1. The fourth-order valence-electron chi connectivity index (χ4n) is 1.41. The molecule has 1 saturated heterocycles. The van der Waals surface area contributed by atoms with Crippen LogP contribution in [0.25, 0.3) is 6.08 Å². The number of ether oxygens (including phenoxy) is 2. The van der Waals surface area contributed by atoms with Crippen molar-refractivity contribution in [3.8, 4) is 11.5 Å². The Balaban J connectivity index is 2.41. The van der Waals surface area contributed by atoms with Crippen LogP contribution in [0.1, 0.15) is 5.56 Å². The first-order valence-electron chi connectivity index (χ1n) is 4.82. The average Bonchev–Trinajstić information content (AvgIpc) is 2.62. The van der Waals surface area contributed by atoms with Gasteiger partial charge in [-0.2, -0.15) is 0 Å². The minimum atomic E-state index is -0.400. The summed E-state index contributed by atoms with van der Waals surface area (Å²) in [6.07, 6.45) is 1.50. The Morgan fingerprint density at radius 2 is 2.28 bits per heavy atom. The van der Waals surface area contributed by atoms with Gasteiger partial charge in [-0.1, -0.05) is 0 Å². The molecule has 0 unspecified atom stereocenters. The topological polar surface area (TPSA) is 67.8 Å². The lowest BCUT2D eigenvalue weighted by atomic mass is 10.1. The van der Waals surface area contributed by atoms with Crippen molar-refractivity contribution in [3.05, 3.63) is 27.9 Å². The van der Waals surface area contributed by atoms with Crippen molar-refractivity contribution < 1.29 is 19.4 Å². The standard InChI is InChI=1S/C11H8BrNO4S/c1-16-7-3-5(2-6(12)9(7)14)4-8-10(15)13-11(18)17-8/h2-4,14H,1H3,(H,13,15,18). The molecule has 18 heavy (non-hydrogen) atoms. The van der Waals surface area contributed by atoms with E-state index >= 15 is 0 Å². The summed E-state index contributed by atoms with van der Waals surface area (Å²) < 4.78 is 10.5. The average molecular weight is 330 g/mol. The second-order valence-electron chi connectivity index (χ2n) is 3.41. The summed E-state index contributed by atoms with van der Waals surface area (Å²) in [4.78, 5) is 11.4. The molecule has 1 aromatic rings. The number of rotatable bonds is 2. The van der Waals surface area contributed by atoms with Gasteiger partial charge in [-0.25, -0.2) is 0 Å². The number of nitrogens with one attached hydrogen (secondary N) is 1. The fourth-order valence-corrected chi connectivity index (χ4v) is 2.05. The zero-order valence-corrected chi connectivity index (χ0v) is 11.6. The van der Waals surface area contributed by atoms with Crippen molar-refractivity contribution in [3.63, 3.8) is 0 Å². The molecule has 0 bridgehead atoms. The van der Waals surface area contributed by atoms with Crippen LogP contribution in [0.5, 0.6) is 11.5 Å². The van der Waals surface area contributed by atoms with Gasteiger partial charge in [0.1, 0.15) is 0 Å². The number of phenolic OH excluding ortho intramolecular Hbond substituents is 1. The number of hydrogen-bond donors (Lipinski definition) is 2. The third kappa shape index (κ3) is 2.46. The minimum absolute atomic E-state index is 0.00744. The maximum Gasteiger partial charge on any atom is 0.294 e. The molecule has 1 aliphatic rings. The van der Waals surface area contributed by atoms with Crippen molar-refractivity contribution in [2.45, 2.75) is 0 Å². The molecule has 2 rings (SSSR count). The molecule has 0 aliphatic carbocycles. The van der Waals surface area contributed by atoms with E-state index in [1.807, 2.05) is 0 Å². The molecule has 1 aliphatic heterocycles. The van der Waals surface area contributed by atoms with Gasteiger partial charge in [0.25, 0.3) is 11.1 Å². The lowest BCUT2D eigenvalue weighted by Crippen LogP contribution is -2.18. The van der Waals surface area contributed by atoms with Crippen LogP contribution >= 0.6 is 28.1 Å². The Bertz CT molecular complexity index is 570. The molecule has 1 fully saturated rings. The molecule has 0 spiro atoms. The largest absolute Gasteiger partial charge is 0.503 e. The molecule has 0 atom stereocenters. The highest BCUT2D eigenvalue weighted by Crippen LogP contribution is 2.35. The summed E-state index contributed by atoms with van der Waals surface area (Å²) in [6.45, 7) is 0. The monoisotopic (exact) mass is 329 g/mol. The number of carbonyl (C=O) groups excluding carboxylic acids is 1. The number of amides is 1. The molecule has 1 aromatic carbocycles. The first kappa shape index (κ1) is 12.8. The Kier molecular flexibility index (Phi) is 3.53. The predicted molar refractivity (Wildman–Crippen MR) is 72.2 cm³/mol. The molecule has 94 valence electrons. The van der Waals surface area contributed by atoms with E-state index in [4.69, 9.17) is 21.7 Å². The lowest BCUT2D eigenvalue weighted by molar-refractivity contribution is -0.116. The SMILES string of the molecule is COc1cc(C=C2OC(=S)NC2=O)cc(Br)c1O. The first-order valence-corrected chi connectivity index (χ1v) is 6.02. The third-order valence-corrected chi connectivity index (χ3v) is 3.00. The molecule has 1 heterocycles. The molecule has 1 amide bonds. The quantitative estimate of drug-likeness (QED) is 0.641. The summed E-state index contributed by atoms with van der Waals surface area (Å²) >= 11 is 7.90. The highest BCUT2D eigenvalue weighted by molar-refractivity contribution is 9.10. The number of benzene rings is 1. The van der Waals surface area contributed by atoms with Gasteiger partial charge >= 0.3 is 0 Å². The Morgan fingerprint density at radius 3 is 2.83 bits per heavy atom. The Hall–Kier alpha value is -1.60. The summed E-state index contributed by atoms with van der Waals surface area (Å²) in [5.74, 6) is -0.0213. The molecular weight excluding hydrogens is 322 g/mol. The van der Waals surface area contributed by atoms with Gasteiger partial charge in [-0.05, 0) is 51.9 Å². The van der Waals surface area contributed by atoms with E-state index in [0.29, 0.717) is 10.0 Å². The van der Waals surface area contributed by atoms with Crippen LogP contribution < -0.4 is 10.1 Å². The fraction of sp³-hybridized carbons (Fsp3) is 0.0909. The molecule has 2 N–H and O–H groups in total. The zero-order valence-electron chi connectivity index (χ0n) is 9.19. The van der Waals surface area contributed by atoms with Crippen LogP contribution in [0, 0.1) is 0 Å². The molecule has 5 nitrogen and oxygen atoms in total. The summed E-state index contributed by atoms with van der Waals surface area (Å²) in [6, 6.07) is 3.20. The maximum atomic E-state index is 11.4. The van der Waals surface area contributed by atoms with Crippen LogP contribution in [-0.2, 0) is 9.53 Å². The van der Waals surface area contributed by atoms with Crippen molar-refractivity contribution >= 4 is 45.3 Å². The number of aromatic hydroxyl groups is 1. The maximum absolute atomic E-state index is 11.4. The van der Waals surface area contributed by atoms with E-state index in [1.165, 1.54) is 13.2 Å². The normalized spacial score (nSPS) is 16.7. The van der Waals surface area contributed by atoms with Gasteiger partial charge in [0.15, 0.2) is 17.3 Å². The molecule has 0 radical (unpaired) electrons. The highest BCUT2D eigenvalue weighted by atomic mass is 79.9. The number of halogens is 1. The highest BCUT2D eigenvalue weighted by Gasteiger charge is 2.23. The predicted octanol–water partition coefficient (Wildman–Crippen LogP) is 1.94. The second kappa shape index (κ2) is 4.95. The van der Waals surface area contributed by atoms with Crippen LogP contribution in [-0.4, -0.2) is 23.3 Å². The van der Waals surface area contributed by atoms with E-state index in [-0.39, 0.29) is 22.4 Å². The second-order valence-corrected chi connectivity index (χ2v) is 4.63. The van der Waals surface area contributed by atoms with E-state index in [0.717, 1.165) is 0 Å². The van der Waals surface area contributed by atoms with Gasteiger partial charge in [0, 0.05) is 0 Å². The van der Waals surface area contributed by atoms with Gasteiger partial charge < -0.3 is 14.6 Å². The van der Waals surface area contributed by atoms with Crippen molar-refractivity contribution in [1.29, 1.82) is 0 Å². The van der Waals surface area contributed by atoms with Crippen LogP contribution in [0.15, 0.2) is 22.4 Å². The third-order valence-electron chi connectivity index (χ3n) is 2.21. The van der Waals surface area contributed by atoms with E-state index in [2.05, 4.69) is 21.2 Å². The molecular formula is C11H8BrNO4S.